The first-order valence-electron chi connectivity index (χ1n) is 11.2. The van der Waals surface area contributed by atoms with E-state index >= 15 is 0 Å². The summed E-state index contributed by atoms with van der Waals surface area (Å²) in [6, 6.07) is 23.7. The minimum absolute atomic E-state index is 0.145. The zero-order chi connectivity index (χ0) is 24.3. The van der Waals surface area contributed by atoms with Crippen LogP contribution in [0.1, 0.15) is 35.3 Å². The van der Waals surface area contributed by atoms with Crippen molar-refractivity contribution in [3.63, 3.8) is 0 Å². The van der Waals surface area contributed by atoms with Crippen molar-refractivity contribution in [2.75, 3.05) is 13.7 Å². The predicted molar refractivity (Wildman–Crippen MR) is 134 cm³/mol. The molecule has 0 atom stereocenters. The van der Waals surface area contributed by atoms with Crippen LogP contribution < -0.4 is 20.1 Å². The van der Waals surface area contributed by atoms with E-state index in [1.165, 1.54) is 0 Å². The van der Waals surface area contributed by atoms with Crippen LogP contribution in [0, 0.1) is 5.92 Å². The third-order valence-electron chi connectivity index (χ3n) is 4.92. The van der Waals surface area contributed by atoms with Gasteiger partial charge in [0.25, 0.3) is 11.8 Å². The van der Waals surface area contributed by atoms with Crippen LogP contribution in [0.2, 0.25) is 0 Å². The van der Waals surface area contributed by atoms with Gasteiger partial charge in [0, 0.05) is 12.1 Å². The van der Waals surface area contributed by atoms with E-state index in [-0.39, 0.29) is 17.5 Å². The van der Waals surface area contributed by atoms with Crippen LogP contribution in [-0.2, 0) is 11.3 Å². The summed E-state index contributed by atoms with van der Waals surface area (Å²) in [5.41, 5.74) is 2.28. The van der Waals surface area contributed by atoms with Crippen LogP contribution in [0.15, 0.2) is 84.6 Å². The van der Waals surface area contributed by atoms with Gasteiger partial charge in [-0.05, 0) is 59.5 Å². The van der Waals surface area contributed by atoms with Gasteiger partial charge in [0.1, 0.15) is 17.2 Å². The number of methoxy groups -OCH3 is 1. The quantitative estimate of drug-likeness (QED) is 0.427. The van der Waals surface area contributed by atoms with Gasteiger partial charge in [0.05, 0.1) is 13.7 Å². The average molecular weight is 459 g/mol. The van der Waals surface area contributed by atoms with E-state index in [9.17, 15) is 9.59 Å². The Morgan fingerprint density at radius 3 is 2.15 bits per heavy atom. The molecule has 0 saturated heterocycles. The number of carbonyl (C=O) groups is 2. The monoisotopic (exact) mass is 458 g/mol. The standard InChI is InChI=1S/C28H30N2O4/c1-20(2)19-34-25-15-11-23(12-16-25)27(31)30-26(17-21-9-13-24(33-3)14-10-21)28(32)29-18-22-7-5-4-6-8-22/h4-17,20H,18-19H2,1-3H3,(H,29,32)(H,30,31)/b26-17+. The van der Waals surface area contributed by atoms with Crippen LogP contribution in [-0.4, -0.2) is 25.5 Å². The normalized spacial score (nSPS) is 11.1. The summed E-state index contributed by atoms with van der Waals surface area (Å²) in [6.07, 6.45) is 1.64. The van der Waals surface area contributed by atoms with Gasteiger partial charge in [-0.25, -0.2) is 0 Å². The number of rotatable bonds is 10. The van der Waals surface area contributed by atoms with E-state index in [4.69, 9.17) is 9.47 Å². The minimum atomic E-state index is -0.384. The summed E-state index contributed by atoms with van der Waals surface area (Å²) in [5.74, 6) is 1.04. The number of benzene rings is 3. The lowest BCUT2D eigenvalue weighted by atomic mass is 10.1. The Bertz CT molecular complexity index is 1110. The highest BCUT2D eigenvalue weighted by Crippen LogP contribution is 2.16. The maximum absolute atomic E-state index is 13.0. The number of ether oxygens (including phenoxy) is 2. The summed E-state index contributed by atoms with van der Waals surface area (Å²) >= 11 is 0. The van der Waals surface area contributed by atoms with Gasteiger partial charge in [-0.3, -0.25) is 9.59 Å². The maximum atomic E-state index is 13.0. The molecule has 0 spiro atoms. The Labute approximate surface area is 200 Å². The molecule has 0 fully saturated rings. The molecule has 6 nitrogen and oxygen atoms in total. The molecule has 0 aliphatic heterocycles. The smallest absolute Gasteiger partial charge is 0.268 e. The molecular weight excluding hydrogens is 428 g/mol. The van der Waals surface area contributed by atoms with E-state index < -0.39 is 0 Å². The molecule has 0 aromatic heterocycles. The van der Waals surface area contributed by atoms with Crippen molar-refractivity contribution in [2.24, 2.45) is 5.92 Å². The van der Waals surface area contributed by atoms with E-state index in [2.05, 4.69) is 24.5 Å². The second kappa shape index (κ2) is 12.3. The van der Waals surface area contributed by atoms with Crippen LogP contribution in [0.4, 0.5) is 0 Å². The average Bonchev–Trinajstić information content (AvgIpc) is 2.87. The Kier molecular flexibility index (Phi) is 8.86. The van der Waals surface area contributed by atoms with Crippen LogP contribution in [0.5, 0.6) is 11.5 Å². The van der Waals surface area contributed by atoms with Crippen LogP contribution in [0.3, 0.4) is 0 Å². The van der Waals surface area contributed by atoms with Gasteiger partial charge < -0.3 is 20.1 Å². The topological polar surface area (TPSA) is 76.7 Å². The maximum Gasteiger partial charge on any atom is 0.268 e. The largest absolute Gasteiger partial charge is 0.497 e. The molecule has 6 heteroatoms. The van der Waals surface area contributed by atoms with Crippen LogP contribution in [0.25, 0.3) is 6.08 Å². The molecule has 0 saturated carbocycles. The van der Waals surface area contributed by atoms with Gasteiger partial charge >= 0.3 is 0 Å². The van der Waals surface area contributed by atoms with Gasteiger partial charge in [-0.15, -0.1) is 0 Å². The highest BCUT2D eigenvalue weighted by Gasteiger charge is 2.15. The fourth-order valence-electron chi connectivity index (χ4n) is 3.06. The molecule has 0 aliphatic rings. The molecule has 0 heterocycles. The highest BCUT2D eigenvalue weighted by molar-refractivity contribution is 6.05. The van der Waals surface area contributed by atoms with E-state index in [1.807, 2.05) is 42.5 Å². The zero-order valence-corrected chi connectivity index (χ0v) is 19.7. The third kappa shape index (κ3) is 7.52. The lowest BCUT2D eigenvalue weighted by molar-refractivity contribution is -0.117. The molecule has 0 bridgehead atoms. The molecule has 176 valence electrons. The molecule has 2 amide bonds. The number of hydrogen-bond acceptors (Lipinski definition) is 4. The molecule has 0 unspecified atom stereocenters. The first kappa shape index (κ1) is 24.6. The van der Waals surface area contributed by atoms with Gasteiger partial charge in [0.2, 0.25) is 0 Å². The predicted octanol–water partition coefficient (Wildman–Crippen LogP) is 4.82. The molecule has 2 N–H and O–H groups in total. The molecule has 3 aromatic rings. The SMILES string of the molecule is COc1ccc(/C=C(/NC(=O)c2ccc(OCC(C)C)cc2)C(=O)NCc2ccccc2)cc1. The Morgan fingerprint density at radius 1 is 0.882 bits per heavy atom. The number of hydrogen-bond donors (Lipinski definition) is 2. The lowest BCUT2D eigenvalue weighted by Gasteiger charge is -2.12. The van der Waals surface area contributed by atoms with Crippen molar-refractivity contribution >= 4 is 17.9 Å². The number of carbonyl (C=O) groups excluding carboxylic acids is 2. The molecule has 0 aliphatic carbocycles. The summed E-state index contributed by atoms with van der Waals surface area (Å²) < 4.78 is 10.9. The lowest BCUT2D eigenvalue weighted by Crippen LogP contribution is -2.34. The first-order chi connectivity index (χ1) is 16.4. The van der Waals surface area contributed by atoms with E-state index in [1.54, 1.807) is 49.6 Å². The van der Waals surface area contributed by atoms with E-state index in [0.717, 1.165) is 11.1 Å². The van der Waals surface area contributed by atoms with Gasteiger partial charge in [-0.2, -0.15) is 0 Å². The van der Waals surface area contributed by atoms with Crippen molar-refractivity contribution in [3.8, 4) is 11.5 Å². The molecule has 0 radical (unpaired) electrons. The second-order valence-electron chi connectivity index (χ2n) is 8.18. The summed E-state index contributed by atoms with van der Waals surface area (Å²) in [7, 11) is 1.59. The molecule has 3 rings (SSSR count). The van der Waals surface area contributed by atoms with Gasteiger partial charge in [-0.1, -0.05) is 56.3 Å². The Balaban J connectivity index is 1.75. The first-order valence-corrected chi connectivity index (χ1v) is 11.2. The van der Waals surface area contributed by atoms with Crippen LogP contribution >= 0.6 is 0 Å². The Morgan fingerprint density at radius 2 is 1.53 bits per heavy atom. The fraction of sp³-hybridized carbons (Fsp3) is 0.214. The highest BCUT2D eigenvalue weighted by atomic mass is 16.5. The summed E-state index contributed by atoms with van der Waals surface area (Å²) in [5, 5.41) is 5.62. The van der Waals surface area contributed by atoms with Crippen molar-refractivity contribution in [3.05, 3.63) is 101 Å². The zero-order valence-electron chi connectivity index (χ0n) is 19.7. The number of nitrogens with one attached hydrogen (secondary N) is 2. The third-order valence-corrected chi connectivity index (χ3v) is 4.92. The fourth-order valence-corrected chi connectivity index (χ4v) is 3.06. The van der Waals surface area contributed by atoms with Crippen molar-refractivity contribution in [2.45, 2.75) is 20.4 Å². The summed E-state index contributed by atoms with van der Waals surface area (Å²) in [4.78, 5) is 25.9. The Hall–Kier alpha value is -4.06. The van der Waals surface area contributed by atoms with Crippen molar-refractivity contribution in [1.29, 1.82) is 0 Å². The molecule has 3 aromatic carbocycles. The van der Waals surface area contributed by atoms with Gasteiger partial charge in [0.15, 0.2) is 0 Å². The van der Waals surface area contributed by atoms with E-state index in [0.29, 0.717) is 36.1 Å². The summed E-state index contributed by atoms with van der Waals surface area (Å²) in [6.45, 7) is 5.09. The molecule has 34 heavy (non-hydrogen) atoms. The second-order valence-corrected chi connectivity index (χ2v) is 8.18. The molecular formula is C28H30N2O4. The number of amides is 2. The van der Waals surface area contributed by atoms with Crippen molar-refractivity contribution in [1.82, 2.24) is 10.6 Å². The van der Waals surface area contributed by atoms with Crippen molar-refractivity contribution < 1.29 is 19.1 Å². The minimum Gasteiger partial charge on any atom is -0.497 e.